The van der Waals surface area contributed by atoms with E-state index in [1.54, 1.807) is 0 Å². The van der Waals surface area contributed by atoms with Gasteiger partial charge in [-0.15, -0.1) is 0 Å². The van der Waals surface area contributed by atoms with Gasteiger partial charge in [0.1, 0.15) is 6.61 Å². The van der Waals surface area contributed by atoms with Crippen molar-refractivity contribution in [3.8, 4) is 0 Å². The fourth-order valence-electron chi connectivity index (χ4n) is 1.88. The molecule has 1 aliphatic heterocycles. The molecule has 3 N–H and O–H groups in total. The summed E-state index contributed by atoms with van der Waals surface area (Å²) in [6.45, 7) is 4.05. The third kappa shape index (κ3) is 6.00. The van der Waals surface area contributed by atoms with E-state index in [0.717, 1.165) is 13.0 Å². The number of amides is 1. The van der Waals surface area contributed by atoms with Crippen LogP contribution in [-0.4, -0.2) is 62.5 Å². The molecule has 1 saturated heterocycles. The summed E-state index contributed by atoms with van der Waals surface area (Å²) < 4.78 is 10.2. The SMILES string of the molecule is CCCNC1COCC1C(=O)NCCOCC(=O)O. The van der Waals surface area contributed by atoms with Crippen molar-refractivity contribution in [3.05, 3.63) is 0 Å². The first kappa shape index (κ1) is 15.9. The molecule has 0 aliphatic carbocycles. The van der Waals surface area contributed by atoms with Gasteiger partial charge >= 0.3 is 5.97 Å². The van der Waals surface area contributed by atoms with Crippen LogP contribution in [0.1, 0.15) is 13.3 Å². The minimum absolute atomic E-state index is 0.0555. The number of carboxylic acid groups (broad SMARTS) is 1. The van der Waals surface area contributed by atoms with Crippen LogP contribution in [0.3, 0.4) is 0 Å². The van der Waals surface area contributed by atoms with Crippen molar-refractivity contribution < 1.29 is 24.2 Å². The molecule has 110 valence electrons. The van der Waals surface area contributed by atoms with Crippen molar-refractivity contribution in [1.82, 2.24) is 10.6 Å². The first-order chi connectivity index (χ1) is 9.15. The zero-order chi connectivity index (χ0) is 14.1. The molecule has 7 heteroatoms. The Balaban J connectivity index is 2.18. The number of carboxylic acids is 1. The van der Waals surface area contributed by atoms with Crippen molar-refractivity contribution in [3.63, 3.8) is 0 Å². The van der Waals surface area contributed by atoms with Gasteiger partial charge in [-0.25, -0.2) is 4.79 Å². The summed E-state index contributed by atoms with van der Waals surface area (Å²) in [5, 5.41) is 14.4. The van der Waals surface area contributed by atoms with Gasteiger partial charge in [-0.05, 0) is 13.0 Å². The summed E-state index contributed by atoms with van der Waals surface area (Å²) in [5.41, 5.74) is 0. The first-order valence-electron chi connectivity index (χ1n) is 6.53. The summed E-state index contributed by atoms with van der Waals surface area (Å²) in [6.07, 6.45) is 1.01. The standard InChI is InChI=1S/C12H22N2O5/c1-2-3-13-10-7-19-6-9(10)12(17)14-4-5-18-8-11(15)16/h9-10,13H,2-8H2,1H3,(H,14,17)(H,15,16). The maximum atomic E-state index is 11.9. The molecule has 1 heterocycles. The molecule has 0 saturated carbocycles. The molecule has 0 spiro atoms. The van der Waals surface area contributed by atoms with E-state index in [9.17, 15) is 9.59 Å². The highest BCUT2D eigenvalue weighted by molar-refractivity contribution is 5.79. The van der Waals surface area contributed by atoms with Crippen molar-refractivity contribution in [1.29, 1.82) is 0 Å². The summed E-state index contributed by atoms with van der Waals surface area (Å²) in [7, 11) is 0. The van der Waals surface area contributed by atoms with Gasteiger partial charge in [0.2, 0.25) is 5.91 Å². The van der Waals surface area contributed by atoms with Crippen LogP contribution >= 0.6 is 0 Å². The zero-order valence-corrected chi connectivity index (χ0v) is 11.2. The van der Waals surface area contributed by atoms with Gasteiger partial charge in [-0.3, -0.25) is 4.79 Å². The normalized spacial score (nSPS) is 22.4. The lowest BCUT2D eigenvalue weighted by Gasteiger charge is -2.18. The highest BCUT2D eigenvalue weighted by Crippen LogP contribution is 2.13. The second-order valence-corrected chi connectivity index (χ2v) is 4.44. The average molecular weight is 274 g/mol. The van der Waals surface area contributed by atoms with Crippen LogP contribution in [0.5, 0.6) is 0 Å². The topological polar surface area (TPSA) is 96.9 Å². The molecule has 1 rings (SSSR count). The Labute approximate surface area is 112 Å². The largest absolute Gasteiger partial charge is 0.480 e. The van der Waals surface area contributed by atoms with Gasteiger partial charge in [0.05, 0.1) is 25.7 Å². The van der Waals surface area contributed by atoms with E-state index >= 15 is 0 Å². The average Bonchev–Trinajstić information content (AvgIpc) is 2.83. The number of nitrogens with one attached hydrogen (secondary N) is 2. The van der Waals surface area contributed by atoms with E-state index < -0.39 is 5.97 Å². The molecule has 7 nitrogen and oxygen atoms in total. The number of rotatable bonds is 9. The van der Waals surface area contributed by atoms with Crippen LogP contribution < -0.4 is 10.6 Å². The van der Waals surface area contributed by atoms with Crippen LogP contribution in [0, 0.1) is 5.92 Å². The predicted molar refractivity (Wildman–Crippen MR) is 67.9 cm³/mol. The molecule has 2 atom stereocenters. The number of aliphatic carboxylic acids is 1. The van der Waals surface area contributed by atoms with Crippen LogP contribution in [0.2, 0.25) is 0 Å². The Morgan fingerprint density at radius 3 is 2.84 bits per heavy atom. The lowest BCUT2D eigenvalue weighted by Crippen LogP contribution is -2.44. The van der Waals surface area contributed by atoms with Gasteiger partial charge < -0.3 is 25.2 Å². The van der Waals surface area contributed by atoms with Crippen molar-refractivity contribution >= 4 is 11.9 Å². The minimum Gasteiger partial charge on any atom is -0.480 e. The summed E-state index contributed by atoms with van der Waals surface area (Å²) >= 11 is 0. The number of hydrogen-bond donors (Lipinski definition) is 3. The first-order valence-corrected chi connectivity index (χ1v) is 6.53. The van der Waals surface area contributed by atoms with Crippen molar-refractivity contribution in [2.24, 2.45) is 5.92 Å². The van der Waals surface area contributed by atoms with Crippen molar-refractivity contribution in [2.75, 3.05) is 39.5 Å². The van der Waals surface area contributed by atoms with Gasteiger partial charge in [0.15, 0.2) is 0 Å². The maximum Gasteiger partial charge on any atom is 0.329 e. The van der Waals surface area contributed by atoms with Crippen LogP contribution in [0.15, 0.2) is 0 Å². The molecule has 0 bridgehead atoms. The molecule has 0 radical (unpaired) electrons. The van der Waals surface area contributed by atoms with E-state index in [-0.39, 0.29) is 31.1 Å². The smallest absolute Gasteiger partial charge is 0.329 e. The van der Waals surface area contributed by atoms with Gasteiger partial charge in [0.25, 0.3) is 0 Å². The van der Waals surface area contributed by atoms with E-state index in [4.69, 9.17) is 14.6 Å². The Kier molecular flexibility index (Phi) is 7.39. The fourth-order valence-corrected chi connectivity index (χ4v) is 1.88. The number of hydrogen-bond acceptors (Lipinski definition) is 5. The van der Waals surface area contributed by atoms with Crippen molar-refractivity contribution in [2.45, 2.75) is 19.4 Å². The summed E-state index contributed by atoms with van der Waals surface area (Å²) in [6, 6.07) is 0.0555. The Morgan fingerprint density at radius 2 is 2.16 bits per heavy atom. The lowest BCUT2D eigenvalue weighted by molar-refractivity contribution is -0.142. The second kappa shape index (κ2) is 8.84. The highest BCUT2D eigenvalue weighted by Gasteiger charge is 2.33. The molecule has 1 fully saturated rings. The molecule has 19 heavy (non-hydrogen) atoms. The van der Waals surface area contributed by atoms with Crippen LogP contribution in [0.4, 0.5) is 0 Å². The highest BCUT2D eigenvalue weighted by atomic mass is 16.5. The third-order valence-electron chi connectivity index (χ3n) is 2.84. The molecule has 2 unspecified atom stereocenters. The maximum absolute atomic E-state index is 11.9. The molecule has 0 aromatic heterocycles. The Bertz CT molecular complexity index is 298. The van der Waals surface area contributed by atoms with Gasteiger partial charge in [-0.1, -0.05) is 6.92 Å². The number of carbonyl (C=O) groups is 2. The molecule has 1 aliphatic rings. The third-order valence-corrected chi connectivity index (χ3v) is 2.84. The van der Waals surface area contributed by atoms with E-state index in [1.807, 2.05) is 0 Å². The van der Waals surface area contributed by atoms with Crippen LogP contribution in [0.25, 0.3) is 0 Å². The van der Waals surface area contributed by atoms with Crippen LogP contribution in [-0.2, 0) is 19.1 Å². The van der Waals surface area contributed by atoms with E-state index in [1.165, 1.54) is 0 Å². The minimum atomic E-state index is -1.01. The zero-order valence-electron chi connectivity index (χ0n) is 11.2. The summed E-state index contributed by atoms with van der Waals surface area (Å²) in [4.78, 5) is 22.1. The Morgan fingerprint density at radius 1 is 1.37 bits per heavy atom. The molecular formula is C12H22N2O5. The second-order valence-electron chi connectivity index (χ2n) is 4.44. The monoisotopic (exact) mass is 274 g/mol. The summed E-state index contributed by atoms with van der Waals surface area (Å²) in [5.74, 6) is -1.28. The quantitative estimate of drug-likeness (QED) is 0.477. The van der Waals surface area contributed by atoms with E-state index in [2.05, 4.69) is 17.6 Å². The molecule has 0 aromatic rings. The Hall–Kier alpha value is -1.18. The predicted octanol–water partition coefficient (Wildman–Crippen LogP) is -0.782. The number of carbonyl (C=O) groups excluding carboxylic acids is 1. The van der Waals surface area contributed by atoms with Gasteiger partial charge in [0, 0.05) is 12.6 Å². The van der Waals surface area contributed by atoms with E-state index in [0.29, 0.717) is 19.8 Å². The number of ether oxygens (including phenoxy) is 2. The lowest BCUT2D eigenvalue weighted by atomic mass is 10.0. The molecule has 0 aromatic carbocycles. The molecular weight excluding hydrogens is 252 g/mol. The molecule has 1 amide bonds. The fraction of sp³-hybridized carbons (Fsp3) is 0.833. The van der Waals surface area contributed by atoms with Gasteiger partial charge in [-0.2, -0.15) is 0 Å².